The van der Waals surface area contributed by atoms with Gasteiger partial charge in [-0.15, -0.1) is 0 Å². The lowest BCUT2D eigenvalue weighted by Crippen LogP contribution is -1.91. The first-order valence-corrected chi connectivity index (χ1v) is 5.71. The lowest BCUT2D eigenvalue weighted by molar-refractivity contribution is 1.23. The number of allylic oxidation sites excluding steroid dienone is 1. The Kier molecular flexibility index (Phi) is 2.14. The van der Waals surface area contributed by atoms with E-state index >= 15 is 0 Å². The molecule has 0 aliphatic heterocycles. The summed E-state index contributed by atoms with van der Waals surface area (Å²) < 4.78 is 0. The molecule has 16 heavy (non-hydrogen) atoms. The van der Waals surface area contributed by atoms with Gasteiger partial charge < -0.3 is 0 Å². The van der Waals surface area contributed by atoms with E-state index in [9.17, 15) is 0 Å². The molecule has 0 spiro atoms. The lowest BCUT2D eigenvalue weighted by Gasteiger charge is -2.11. The van der Waals surface area contributed by atoms with E-state index in [1.54, 1.807) is 0 Å². The highest BCUT2D eigenvalue weighted by Gasteiger charge is 2.11. The van der Waals surface area contributed by atoms with Crippen LogP contribution in [0.1, 0.15) is 16.7 Å². The second-order valence-electron chi connectivity index (χ2n) is 4.29. The Bertz CT molecular complexity index is 562. The molecule has 0 heteroatoms. The third-order valence-electron chi connectivity index (χ3n) is 3.28. The van der Waals surface area contributed by atoms with E-state index in [-0.39, 0.29) is 0 Å². The minimum atomic E-state index is 1.04. The normalized spacial score (nSPS) is 12.8. The van der Waals surface area contributed by atoms with Crippen molar-refractivity contribution in [2.45, 2.75) is 13.3 Å². The number of hydrogen-bond acceptors (Lipinski definition) is 0. The van der Waals surface area contributed by atoms with Gasteiger partial charge in [-0.05, 0) is 41.2 Å². The average molecular weight is 206 g/mol. The molecule has 0 fully saturated rings. The first-order chi connectivity index (χ1) is 7.86. The number of aryl methyl sites for hydroxylation is 1. The molecule has 0 N–H and O–H groups in total. The second kappa shape index (κ2) is 3.64. The van der Waals surface area contributed by atoms with Crippen molar-refractivity contribution in [3.05, 3.63) is 65.2 Å². The van der Waals surface area contributed by atoms with E-state index in [1.807, 2.05) is 0 Å². The van der Waals surface area contributed by atoms with Crippen molar-refractivity contribution < 1.29 is 0 Å². The molecule has 1 aliphatic rings. The van der Waals surface area contributed by atoms with Gasteiger partial charge in [-0.2, -0.15) is 0 Å². The predicted molar refractivity (Wildman–Crippen MR) is 69.4 cm³/mol. The Hall–Kier alpha value is -1.82. The summed E-state index contributed by atoms with van der Waals surface area (Å²) in [6, 6.07) is 15.2. The molecule has 0 nitrogen and oxygen atoms in total. The summed E-state index contributed by atoms with van der Waals surface area (Å²) in [5.74, 6) is 0. The van der Waals surface area contributed by atoms with Gasteiger partial charge in [-0.25, -0.2) is 0 Å². The lowest BCUT2D eigenvalue weighted by atomic mass is 9.94. The fourth-order valence-corrected chi connectivity index (χ4v) is 2.42. The first-order valence-electron chi connectivity index (χ1n) is 5.71. The zero-order valence-electron chi connectivity index (χ0n) is 9.40. The quantitative estimate of drug-likeness (QED) is 0.605. The van der Waals surface area contributed by atoms with Crippen LogP contribution < -0.4 is 0 Å². The molecule has 78 valence electrons. The van der Waals surface area contributed by atoms with Crippen LogP contribution in [0.4, 0.5) is 0 Å². The Morgan fingerprint density at radius 2 is 1.69 bits per heavy atom. The van der Waals surface area contributed by atoms with E-state index in [1.165, 1.54) is 27.8 Å². The van der Waals surface area contributed by atoms with Crippen molar-refractivity contribution in [3.8, 4) is 11.1 Å². The van der Waals surface area contributed by atoms with Crippen LogP contribution in [0.3, 0.4) is 0 Å². The van der Waals surface area contributed by atoms with Crippen molar-refractivity contribution >= 4 is 6.08 Å². The average Bonchev–Trinajstić information content (AvgIpc) is 2.50. The zero-order valence-corrected chi connectivity index (χ0v) is 9.40. The minimum absolute atomic E-state index is 1.04. The highest BCUT2D eigenvalue weighted by molar-refractivity contribution is 5.80. The van der Waals surface area contributed by atoms with Crippen LogP contribution in [0.5, 0.6) is 0 Å². The number of rotatable bonds is 0. The van der Waals surface area contributed by atoms with Crippen LogP contribution in [-0.4, -0.2) is 0 Å². The van der Waals surface area contributed by atoms with Gasteiger partial charge in [0.2, 0.25) is 0 Å². The molecular weight excluding hydrogens is 192 g/mol. The van der Waals surface area contributed by atoms with E-state index < -0.39 is 0 Å². The van der Waals surface area contributed by atoms with Crippen molar-refractivity contribution in [3.63, 3.8) is 0 Å². The van der Waals surface area contributed by atoms with Gasteiger partial charge in [0, 0.05) is 0 Å². The maximum Gasteiger partial charge on any atom is -0.00853 e. The van der Waals surface area contributed by atoms with Crippen LogP contribution in [0.25, 0.3) is 17.2 Å². The molecule has 0 heterocycles. The first kappa shape index (κ1) is 9.41. The van der Waals surface area contributed by atoms with Crippen LogP contribution in [0.15, 0.2) is 48.5 Å². The third-order valence-corrected chi connectivity index (χ3v) is 3.28. The van der Waals surface area contributed by atoms with Gasteiger partial charge in [0.05, 0.1) is 0 Å². The van der Waals surface area contributed by atoms with Gasteiger partial charge in [0.25, 0.3) is 0 Å². The highest BCUT2D eigenvalue weighted by Crippen LogP contribution is 2.32. The van der Waals surface area contributed by atoms with Crippen molar-refractivity contribution in [1.29, 1.82) is 0 Å². The van der Waals surface area contributed by atoms with Crippen LogP contribution in [0.2, 0.25) is 0 Å². The topological polar surface area (TPSA) is 0 Å². The summed E-state index contributed by atoms with van der Waals surface area (Å²) in [5, 5.41) is 0. The molecular formula is C16H14. The maximum absolute atomic E-state index is 2.26. The fraction of sp³-hybridized carbons (Fsp3) is 0.125. The molecule has 3 rings (SSSR count). The van der Waals surface area contributed by atoms with Crippen LogP contribution in [-0.2, 0) is 6.42 Å². The SMILES string of the molecule is Cc1cccc2c1CC=Cc1ccccc1-2. The Labute approximate surface area is 96.3 Å². The van der Waals surface area contributed by atoms with Gasteiger partial charge in [-0.3, -0.25) is 0 Å². The summed E-state index contributed by atoms with van der Waals surface area (Å²) in [6.45, 7) is 2.20. The third kappa shape index (κ3) is 1.38. The second-order valence-corrected chi connectivity index (χ2v) is 4.29. The molecule has 0 radical (unpaired) electrons. The van der Waals surface area contributed by atoms with Gasteiger partial charge in [-0.1, -0.05) is 54.6 Å². The van der Waals surface area contributed by atoms with Gasteiger partial charge >= 0.3 is 0 Å². The molecule has 0 bridgehead atoms. The summed E-state index contributed by atoms with van der Waals surface area (Å²) in [5.41, 5.74) is 6.92. The molecule has 0 amide bonds. The highest BCUT2D eigenvalue weighted by atomic mass is 14.2. The summed E-state index contributed by atoms with van der Waals surface area (Å²) in [4.78, 5) is 0. The van der Waals surface area contributed by atoms with E-state index in [2.05, 4.69) is 61.5 Å². The zero-order chi connectivity index (χ0) is 11.0. The summed E-state index contributed by atoms with van der Waals surface area (Å²) >= 11 is 0. The molecule has 1 aliphatic carbocycles. The minimum Gasteiger partial charge on any atom is -0.0795 e. The molecule has 0 saturated heterocycles. The van der Waals surface area contributed by atoms with E-state index in [0.29, 0.717) is 0 Å². The van der Waals surface area contributed by atoms with Crippen molar-refractivity contribution in [2.75, 3.05) is 0 Å². The summed E-state index contributed by atoms with van der Waals surface area (Å²) in [6.07, 6.45) is 5.53. The number of fused-ring (bicyclic) bond motifs is 3. The number of hydrogen-bond donors (Lipinski definition) is 0. The molecule has 0 unspecified atom stereocenters. The Balaban J connectivity index is 2.35. The largest absolute Gasteiger partial charge is 0.0795 e. The fourth-order valence-electron chi connectivity index (χ4n) is 2.42. The predicted octanol–water partition coefficient (Wildman–Crippen LogP) is 4.23. The van der Waals surface area contributed by atoms with Crippen molar-refractivity contribution in [2.24, 2.45) is 0 Å². The molecule has 0 saturated carbocycles. The summed E-state index contributed by atoms with van der Waals surface area (Å²) in [7, 11) is 0. The molecule has 2 aromatic carbocycles. The Morgan fingerprint density at radius 3 is 2.62 bits per heavy atom. The standard InChI is InChI=1S/C16H14/c1-12-6-4-11-16-14(12)10-5-8-13-7-2-3-9-15(13)16/h2-9,11H,10H2,1H3. The van der Waals surface area contributed by atoms with Gasteiger partial charge in [0.15, 0.2) is 0 Å². The maximum atomic E-state index is 2.26. The molecule has 0 atom stereocenters. The van der Waals surface area contributed by atoms with Crippen LogP contribution >= 0.6 is 0 Å². The van der Waals surface area contributed by atoms with E-state index in [4.69, 9.17) is 0 Å². The van der Waals surface area contributed by atoms with Crippen molar-refractivity contribution in [1.82, 2.24) is 0 Å². The molecule has 2 aromatic rings. The molecule has 0 aromatic heterocycles. The van der Waals surface area contributed by atoms with Gasteiger partial charge in [0.1, 0.15) is 0 Å². The van der Waals surface area contributed by atoms with Crippen LogP contribution in [0, 0.1) is 6.92 Å². The smallest absolute Gasteiger partial charge is 0.00853 e. The Morgan fingerprint density at radius 1 is 0.875 bits per heavy atom. The number of benzene rings is 2. The van der Waals surface area contributed by atoms with E-state index in [0.717, 1.165) is 6.42 Å². The monoisotopic (exact) mass is 206 g/mol.